The van der Waals surface area contributed by atoms with Gasteiger partial charge in [0.2, 0.25) is 0 Å². The Labute approximate surface area is 165 Å². The first-order valence-corrected chi connectivity index (χ1v) is 7.47. The number of aromatic nitrogens is 1. The number of fused-ring (bicyclic) bond motifs is 1. The number of benzene rings is 1. The van der Waals surface area contributed by atoms with E-state index in [4.69, 9.17) is 5.73 Å². The van der Waals surface area contributed by atoms with Gasteiger partial charge >= 0.3 is 6.18 Å². The monoisotopic (exact) mass is 415 g/mol. The number of rotatable bonds is 1. The molecule has 3 rings (SSSR count). The Hall–Kier alpha value is -0.626. The van der Waals surface area contributed by atoms with Gasteiger partial charge in [-0.05, 0) is 44.6 Å². The number of halogens is 3. The maximum atomic E-state index is 12.4. The summed E-state index contributed by atoms with van der Waals surface area (Å²) in [5.41, 5.74) is 8.84. The fraction of sp³-hybridized carbons (Fsp3) is 0.500. The summed E-state index contributed by atoms with van der Waals surface area (Å²) in [6.45, 7) is 4.99. The van der Waals surface area contributed by atoms with E-state index in [2.05, 4.69) is 17.3 Å². The van der Waals surface area contributed by atoms with Gasteiger partial charge in [0.15, 0.2) is 0 Å². The Morgan fingerprint density at radius 1 is 1.21 bits per heavy atom. The summed E-state index contributed by atoms with van der Waals surface area (Å²) in [6.07, 6.45) is -4.24. The minimum Gasteiger partial charge on any atom is -0.698 e. The van der Waals surface area contributed by atoms with Crippen molar-refractivity contribution in [2.45, 2.75) is 19.6 Å². The molecule has 1 aliphatic heterocycles. The summed E-state index contributed by atoms with van der Waals surface area (Å²) in [6, 6.07) is 6.38. The minimum absolute atomic E-state index is 0. The van der Waals surface area contributed by atoms with Gasteiger partial charge in [0, 0.05) is 43.9 Å². The third-order valence-corrected chi connectivity index (χ3v) is 3.77. The van der Waals surface area contributed by atoms with E-state index in [0.29, 0.717) is 16.6 Å². The Bertz CT molecular complexity index is 649. The molecular weight excluding hydrogens is 394 g/mol. The van der Waals surface area contributed by atoms with Crippen LogP contribution in [0.4, 0.5) is 18.9 Å². The number of hydrogen-bond acceptors (Lipinski definition) is 1. The Kier molecular flexibility index (Phi) is 8.19. The van der Waals surface area contributed by atoms with E-state index in [9.17, 15) is 13.2 Å². The molecule has 0 atom stereocenters. The molecule has 0 saturated carbocycles. The molecule has 0 spiro atoms. The van der Waals surface area contributed by atoms with E-state index in [0.717, 1.165) is 26.2 Å². The van der Waals surface area contributed by atoms with Crippen molar-refractivity contribution in [3.05, 3.63) is 41.0 Å². The van der Waals surface area contributed by atoms with Gasteiger partial charge < -0.3 is 20.5 Å². The molecule has 1 fully saturated rings. The number of alkyl halides is 3. The molecule has 1 aliphatic rings. The first-order chi connectivity index (χ1) is 10.8. The molecule has 8 heteroatoms. The quantitative estimate of drug-likeness (QED) is 0.677. The molecular formula is C16H21F3N4Y-2. The first-order valence-electron chi connectivity index (χ1n) is 7.47. The van der Waals surface area contributed by atoms with Crippen LogP contribution in [0.3, 0.4) is 0 Å². The average molecular weight is 415 g/mol. The molecule has 1 radical (unpaired) electrons. The molecule has 2 aromatic rings. The molecule has 1 saturated heterocycles. The summed E-state index contributed by atoms with van der Waals surface area (Å²) in [4.78, 5) is 2.30. The molecule has 0 unspecified atom stereocenters. The van der Waals surface area contributed by atoms with Crippen LogP contribution in [0.2, 0.25) is 0 Å². The number of nitrogens with one attached hydrogen (secondary N) is 1. The second-order valence-electron chi connectivity index (χ2n) is 5.70. The fourth-order valence-electron chi connectivity index (χ4n) is 2.51. The second kappa shape index (κ2) is 9.18. The summed E-state index contributed by atoms with van der Waals surface area (Å²) in [7, 11) is 2.13. The van der Waals surface area contributed by atoms with Gasteiger partial charge in [0.05, 0.1) is 0 Å². The van der Waals surface area contributed by atoms with Gasteiger partial charge in [-0.25, -0.2) is 0 Å². The second-order valence-corrected chi connectivity index (χ2v) is 5.70. The molecule has 0 bridgehead atoms. The van der Waals surface area contributed by atoms with Gasteiger partial charge in [0.25, 0.3) is 0 Å². The van der Waals surface area contributed by atoms with Crippen LogP contribution in [-0.2, 0) is 39.3 Å². The zero-order valence-corrected chi connectivity index (χ0v) is 16.7. The zero-order chi connectivity index (χ0) is 17.0. The Morgan fingerprint density at radius 2 is 1.83 bits per heavy atom. The van der Waals surface area contributed by atoms with Crippen molar-refractivity contribution >= 4 is 16.6 Å². The number of aryl methyl sites for hydroxylation is 1. The van der Waals surface area contributed by atoms with E-state index in [1.54, 1.807) is 31.2 Å². The summed E-state index contributed by atoms with van der Waals surface area (Å²) >= 11 is 0. The van der Waals surface area contributed by atoms with Gasteiger partial charge in [-0.1, -0.05) is 12.1 Å². The van der Waals surface area contributed by atoms with Crippen LogP contribution in [0, 0.1) is 6.92 Å². The van der Waals surface area contributed by atoms with Crippen molar-refractivity contribution < 1.29 is 45.9 Å². The molecule has 2 heterocycles. The van der Waals surface area contributed by atoms with Crippen LogP contribution in [0.1, 0.15) is 5.69 Å². The van der Waals surface area contributed by atoms with Gasteiger partial charge in [-0.15, -0.1) is 18.8 Å². The standard InChI is InChI=1S/C11H10F3N2.C5H11N2.Y/c1-7-5-8-9(15)3-2-4-10(8)16(7)6-11(12,13)14;1-7-4-2-6-3-5-7;/h2-5,15H,6H2,1H3;2-5H2,1H3;/q2*-1;. The summed E-state index contributed by atoms with van der Waals surface area (Å²) in [5, 5.41) is 4.75. The smallest absolute Gasteiger partial charge is 0.406 e. The minimum atomic E-state index is -4.24. The van der Waals surface area contributed by atoms with Crippen LogP contribution in [0.25, 0.3) is 22.0 Å². The number of hydrogen-bond donors (Lipinski definition) is 0. The predicted octanol–water partition coefficient (Wildman–Crippen LogP) is 4.50. The van der Waals surface area contributed by atoms with Crippen molar-refractivity contribution in [1.29, 1.82) is 0 Å². The van der Waals surface area contributed by atoms with Crippen molar-refractivity contribution in [3.8, 4) is 0 Å². The van der Waals surface area contributed by atoms with E-state index >= 15 is 0 Å². The number of piperazine rings is 1. The molecule has 1 aromatic heterocycles. The maximum Gasteiger partial charge on any atom is 0.406 e. The molecule has 131 valence electrons. The van der Waals surface area contributed by atoms with E-state index in [1.165, 1.54) is 4.57 Å². The van der Waals surface area contributed by atoms with Gasteiger partial charge in [-0.2, -0.15) is 13.2 Å². The Balaban J connectivity index is 0.000000304. The van der Waals surface area contributed by atoms with Gasteiger partial charge in [-0.3, -0.25) is 0 Å². The molecule has 0 aliphatic carbocycles. The van der Waals surface area contributed by atoms with Crippen LogP contribution >= 0.6 is 0 Å². The average Bonchev–Trinajstić information content (AvgIpc) is 2.77. The third kappa shape index (κ3) is 6.03. The number of likely N-dealkylation sites (N-methyl/N-ethyl adjacent to an activating group) is 1. The summed E-state index contributed by atoms with van der Waals surface area (Å²) < 4.78 is 38.3. The van der Waals surface area contributed by atoms with Crippen molar-refractivity contribution in [2.75, 3.05) is 33.2 Å². The van der Waals surface area contributed by atoms with E-state index < -0.39 is 12.7 Å². The van der Waals surface area contributed by atoms with Crippen LogP contribution in [0.5, 0.6) is 0 Å². The van der Waals surface area contributed by atoms with Crippen molar-refractivity contribution in [1.82, 2.24) is 9.47 Å². The fourth-order valence-corrected chi connectivity index (χ4v) is 2.51. The van der Waals surface area contributed by atoms with Crippen molar-refractivity contribution in [2.24, 2.45) is 0 Å². The van der Waals surface area contributed by atoms with E-state index in [-0.39, 0.29) is 38.4 Å². The first kappa shape index (κ1) is 21.4. The Morgan fingerprint density at radius 3 is 2.33 bits per heavy atom. The molecule has 1 aromatic carbocycles. The zero-order valence-electron chi connectivity index (χ0n) is 13.9. The number of nitrogens with zero attached hydrogens (tertiary/aromatic N) is 3. The van der Waals surface area contributed by atoms with Crippen LogP contribution in [0.15, 0.2) is 24.3 Å². The molecule has 1 N–H and O–H groups in total. The van der Waals surface area contributed by atoms with Crippen molar-refractivity contribution in [3.63, 3.8) is 0 Å². The topological polar surface area (TPSA) is 46.1 Å². The largest absolute Gasteiger partial charge is 0.698 e. The third-order valence-electron chi connectivity index (χ3n) is 3.77. The summed E-state index contributed by atoms with van der Waals surface area (Å²) in [5.74, 6) is 0. The maximum absolute atomic E-state index is 12.4. The van der Waals surface area contributed by atoms with Crippen LogP contribution < -0.4 is 0 Å². The van der Waals surface area contributed by atoms with E-state index in [1.807, 2.05) is 0 Å². The van der Waals surface area contributed by atoms with Gasteiger partial charge in [0.1, 0.15) is 6.54 Å². The SMILES string of the molecule is CN1CC[N-]CC1.Cc1cc2c([NH-])cccc2n1CC(F)(F)F.[Y]. The molecule has 0 amide bonds. The molecule has 4 nitrogen and oxygen atoms in total. The molecule has 24 heavy (non-hydrogen) atoms. The normalized spacial score (nSPS) is 15.5. The predicted molar refractivity (Wildman–Crippen MR) is 87.3 cm³/mol. The van der Waals surface area contributed by atoms with Crippen LogP contribution in [-0.4, -0.2) is 48.9 Å².